The molecule has 0 saturated heterocycles. The fourth-order valence-electron chi connectivity index (χ4n) is 1.41. The number of allylic oxidation sites excluding steroid dienone is 5. The van der Waals surface area contributed by atoms with E-state index in [0.29, 0.717) is 0 Å². The largest absolute Gasteiger partial charge is 0.480 e. The fraction of sp³-hybridized carbons (Fsp3) is 0.400. The molecule has 0 saturated carbocycles. The van der Waals surface area contributed by atoms with Gasteiger partial charge in [-0.25, -0.2) is 4.79 Å². The fourth-order valence-corrected chi connectivity index (χ4v) is 1.41. The standard InChI is InChI=1S/C15H22N2O4/c1-2-3-4-5-6-7-8-9-14(19)17-12(15(20)21)10-11-13(16)18/h3-4,6-9,12H,2,5,10-11H2,1H3,(H2,16,18)(H,17,19)(H,20,21)/b4-3-,7-6-,9-8+/t12-/m0/s1. The van der Waals surface area contributed by atoms with Gasteiger partial charge < -0.3 is 16.2 Å². The molecule has 0 unspecified atom stereocenters. The number of carbonyl (C=O) groups is 3. The summed E-state index contributed by atoms with van der Waals surface area (Å²) in [5, 5.41) is 11.2. The highest BCUT2D eigenvalue weighted by molar-refractivity contribution is 5.91. The number of carboxylic acids is 1. The minimum Gasteiger partial charge on any atom is -0.480 e. The Kier molecular flexibility index (Phi) is 10.2. The quantitative estimate of drug-likeness (QED) is 0.320. The molecular weight excluding hydrogens is 272 g/mol. The lowest BCUT2D eigenvalue weighted by atomic mass is 10.1. The zero-order chi connectivity index (χ0) is 16.1. The number of carboxylic acid groups (broad SMARTS) is 1. The molecule has 6 nitrogen and oxygen atoms in total. The third-order valence-electron chi connectivity index (χ3n) is 2.46. The highest BCUT2D eigenvalue weighted by Gasteiger charge is 2.19. The van der Waals surface area contributed by atoms with E-state index in [9.17, 15) is 14.4 Å². The van der Waals surface area contributed by atoms with Gasteiger partial charge in [-0.3, -0.25) is 9.59 Å². The first-order valence-electron chi connectivity index (χ1n) is 6.77. The molecule has 0 aliphatic rings. The Morgan fingerprint density at radius 1 is 1.19 bits per heavy atom. The second-order valence-electron chi connectivity index (χ2n) is 4.31. The number of nitrogens with one attached hydrogen (secondary N) is 1. The number of rotatable bonds is 10. The Hall–Kier alpha value is -2.37. The number of carbonyl (C=O) groups excluding carboxylic acids is 2. The van der Waals surface area contributed by atoms with Gasteiger partial charge >= 0.3 is 5.97 Å². The van der Waals surface area contributed by atoms with Crippen LogP contribution in [0.15, 0.2) is 36.5 Å². The normalized spacial score (nSPS) is 13.0. The maximum Gasteiger partial charge on any atom is 0.326 e. The minimum absolute atomic E-state index is 0.0259. The molecule has 6 heteroatoms. The third kappa shape index (κ3) is 11.2. The van der Waals surface area contributed by atoms with Crippen LogP contribution in [0.2, 0.25) is 0 Å². The van der Waals surface area contributed by atoms with Gasteiger partial charge in [0, 0.05) is 12.5 Å². The van der Waals surface area contributed by atoms with Gasteiger partial charge in [-0.2, -0.15) is 0 Å². The Morgan fingerprint density at radius 2 is 1.90 bits per heavy atom. The Balaban J connectivity index is 4.21. The molecule has 116 valence electrons. The summed E-state index contributed by atoms with van der Waals surface area (Å²) in [5.41, 5.74) is 4.95. The number of primary amides is 1. The monoisotopic (exact) mass is 294 g/mol. The van der Waals surface area contributed by atoms with Crippen molar-refractivity contribution >= 4 is 17.8 Å². The lowest BCUT2D eigenvalue weighted by Crippen LogP contribution is -2.40. The van der Waals surface area contributed by atoms with Crippen molar-refractivity contribution in [2.45, 2.75) is 38.6 Å². The van der Waals surface area contributed by atoms with Gasteiger partial charge in [-0.1, -0.05) is 37.3 Å². The molecule has 0 aromatic carbocycles. The summed E-state index contributed by atoms with van der Waals surface area (Å²) in [5.74, 6) is -2.33. The van der Waals surface area contributed by atoms with Gasteiger partial charge in [0.2, 0.25) is 11.8 Å². The predicted octanol–water partition coefficient (Wildman–Crippen LogP) is 1.29. The van der Waals surface area contributed by atoms with Gasteiger partial charge in [0.25, 0.3) is 0 Å². The molecule has 21 heavy (non-hydrogen) atoms. The van der Waals surface area contributed by atoms with Crippen LogP contribution in [-0.2, 0) is 14.4 Å². The van der Waals surface area contributed by atoms with E-state index < -0.39 is 23.8 Å². The zero-order valence-electron chi connectivity index (χ0n) is 12.1. The maximum atomic E-state index is 11.5. The van der Waals surface area contributed by atoms with Crippen molar-refractivity contribution in [1.29, 1.82) is 0 Å². The Bertz CT molecular complexity index is 439. The predicted molar refractivity (Wildman–Crippen MR) is 80.3 cm³/mol. The van der Waals surface area contributed by atoms with Crippen LogP contribution in [0.3, 0.4) is 0 Å². The smallest absolute Gasteiger partial charge is 0.326 e. The van der Waals surface area contributed by atoms with E-state index in [1.54, 1.807) is 6.08 Å². The minimum atomic E-state index is -1.20. The highest BCUT2D eigenvalue weighted by Crippen LogP contribution is 1.97. The average molecular weight is 294 g/mol. The summed E-state index contributed by atoms with van der Waals surface area (Å²) < 4.78 is 0. The molecule has 0 aliphatic carbocycles. The Morgan fingerprint density at radius 3 is 2.48 bits per heavy atom. The van der Waals surface area contributed by atoms with E-state index in [2.05, 4.69) is 5.32 Å². The lowest BCUT2D eigenvalue weighted by molar-refractivity contribution is -0.141. The molecule has 0 radical (unpaired) electrons. The molecule has 0 aromatic heterocycles. The number of hydrogen-bond donors (Lipinski definition) is 3. The number of amides is 2. The number of nitrogens with two attached hydrogens (primary N) is 1. The van der Waals surface area contributed by atoms with E-state index in [0.717, 1.165) is 12.8 Å². The van der Waals surface area contributed by atoms with Crippen LogP contribution >= 0.6 is 0 Å². The molecule has 0 heterocycles. The second kappa shape index (κ2) is 11.5. The highest BCUT2D eigenvalue weighted by atomic mass is 16.4. The van der Waals surface area contributed by atoms with E-state index in [4.69, 9.17) is 10.8 Å². The van der Waals surface area contributed by atoms with Crippen molar-refractivity contribution in [3.63, 3.8) is 0 Å². The van der Waals surface area contributed by atoms with Gasteiger partial charge in [0.1, 0.15) is 6.04 Å². The molecule has 0 aromatic rings. The summed E-state index contributed by atoms with van der Waals surface area (Å²) in [6, 6.07) is -1.12. The van der Waals surface area contributed by atoms with Crippen LogP contribution in [0.4, 0.5) is 0 Å². The van der Waals surface area contributed by atoms with Crippen LogP contribution in [-0.4, -0.2) is 28.9 Å². The molecule has 4 N–H and O–H groups in total. The molecule has 2 amide bonds. The van der Waals surface area contributed by atoms with Crippen molar-refractivity contribution in [3.05, 3.63) is 36.5 Å². The van der Waals surface area contributed by atoms with Crippen LogP contribution in [0.1, 0.15) is 32.6 Å². The third-order valence-corrected chi connectivity index (χ3v) is 2.46. The molecule has 0 fully saturated rings. The van der Waals surface area contributed by atoms with E-state index in [1.807, 2.05) is 25.2 Å². The average Bonchev–Trinajstić information content (AvgIpc) is 2.41. The van der Waals surface area contributed by atoms with Gasteiger partial charge in [0.05, 0.1) is 0 Å². The summed E-state index contributed by atoms with van der Waals surface area (Å²) >= 11 is 0. The molecular formula is C15H22N2O4. The number of aliphatic carboxylic acids is 1. The van der Waals surface area contributed by atoms with Crippen LogP contribution in [0, 0.1) is 0 Å². The second-order valence-corrected chi connectivity index (χ2v) is 4.31. The Labute approximate surface area is 124 Å². The maximum absolute atomic E-state index is 11.5. The summed E-state index contributed by atoms with van der Waals surface area (Å²) in [6.45, 7) is 2.04. The van der Waals surface area contributed by atoms with E-state index >= 15 is 0 Å². The van der Waals surface area contributed by atoms with Crippen molar-refractivity contribution < 1.29 is 19.5 Å². The topological polar surface area (TPSA) is 109 Å². The molecule has 0 aliphatic heterocycles. The SMILES string of the molecule is CC/C=C\C/C=C\C=C\C(=O)N[C@@H](CCC(N)=O)C(=O)O. The van der Waals surface area contributed by atoms with Crippen molar-refractivity contribution in [3.8, 4) is 0 Å². The van der Waals surface area contributed by atoms with E-state index in [1.165, 1.54) is 12.2 Å². The lowest BCUT2D eigenvalue weighted by Gasteiger charge is -2.11. The van der Waals surface area contributed by atoms with Crippen molar-refractivity contribution in [2.75, 3.05) is 0 Å². The zero-order valence-corrected chi connectivity index (χ0v) is 12.1. The van der Waals surface area contributed by atoms with Gasteiger partial charge in [-0.15, -0.1) is 0 Å². The van der Waals surface area contributed by atoms with Crippen LogP contribution < -0.4 is 11.1 Å². The van der Waals surface area contributed by atoms with Crippen molar-refractivity contribution in [1.82, 2.24) is 5.32 Å². The van der Waals surface area contributed by atoms with Crippen LogP contribution in [0.5, 0.6) is 0 Å². The molecule has 0 bridgehead atoms. The molecule has 0 rings (SSSR count). The summed E-state index contributed by atoms with van der Waals surface area (Å²) in [7, 11) is 0. The first-order valence-corrected chi connectivity index (χ1v) is 6.77. The molecule has 0 spiro atoms. The summed E-state index contributed by atoms with van der Waals surface area (Å²) in [4.78, 5) is 33.0. The molecule has 1 atom stereocenters. The first kappa shape index (κ1) is 18.6. The first-order chi connectivity index (χ1) is 9.97. The number of hydrogen-bond acceptors (Lipinski definition) is 3. The van der Waals surface area contributed by atoms with Gasteiger partial charge in [0.15, 0.2) is 0 Å². The van der Waals surface area contributed by atoms with Crippen LogP contribution in [0.25, 0.3) is 0 Å². The van der Waals surface area contributed by atoms with Gasteiger partial charge in [-0.05, 0) is 19.3 Å². The van der Waals surface area contributed by atoms with Crippen molar-refractivity contribution in [2.24, 2.45) is 5.73 Å². The summed E-state index contributed by atoms with van der Waals surface area (Å²) in [6.07, 6.45) is 12.0. The van der Waals surface area contributed by atoms with E-state index in [-0.39, 0.29) is 12.8 Å².